The van der Waals surface area contributed by atoms with E-state index in [-0.39, 0.29) is 74.8 Å². The number of aromatic amines is 3. The van der Waals surface area contributed by atoms with Gasteiger partial charge in [-0.3, -0.25) is 79.3 Å². The monoisotopic (exact) mass is 2040 g/mol. The molecule has 71 heteroatoms. The molecule has 730 valence electrons. The normalized spacial score (nSPS) is 31.0. The first-order chi connectivity index (χ1) is 64.7. The first-order valence-electron chi connectivity index (χ1n) is 39.4. The Bertz CT molecular complexity index is 6650. The van der Waals surface area contributed by atoms with E-state index in [0.717, 1.165) is 32.7 Å². The van der Waals surface area contributed by atoms with Crippen LogP contribution in [0.3, 0.4) is 0 Å². The van der Waals surface area contributed by atoms with Gasteiger partial charge in [0.2, 0.25) is 17.8 Å². The molecule has 28 N–H and O–H groups in total. The molecule has 7 aliphatic heterocycles. The van der Waals surface area contributed by atoms with Gasteiger partial charge in [-0.2, -0.15) is 15.0 Å². The second kappa shape index (κ2) is 38.4. The van der Waals surface area contributed by atoms with E-state index in [1.807, 2.05) is 0 Å². The van der Waals surface area contributed by atoms with E-state index in [2.05, 4.69) is 69.8 Å². The number of nitrogens with zero attached hydrogens (tertiary/aromatic N) is 17. The molecule has 7 aliphatic rings. The zero-order valence-corrected chi connectivity index (χ0v) is 73.7. The van der Waals surface area contributed by atoms with Gasteiger partial charge in [0, 0.05) is 49.6 Å². The number of aliphatic hydroxyl groups is 7. The fourth-order valence-corrected chi connectivity index (χ4v) is 20.5. The lowest BCUT2D eigenvalue weighted by Gasteiger charge is -2.31. The molecule has 12 aromatic heterocycles. The summed E-state index contributed by atoms with van der Waals surface area (Å²) in [4.78, 5) is 149. The van der Waals surface area contributed by atoms with Crippen LogP contribution in [0.4, 0.5) is 39.3 Å². The third kappa shape index (κ3) is 18.8. The summed E-state index contributed by atoms with van der Waals surface area (Å²) in [6, 6.07) is 6.20. The number of hydrogen-bond donors (Lipinski definition) is 22. The number of fused-ring (bicyclic) bond motifs is 8. The molecule has 136 heavy (non-hydrogen) atoms. The molecule has 0 aromatic carbocycles. The smallest absolute Gasteiger partial charge is 0.398 e. The molecule has 30 atom stereocenters. The number of hydrogen-bond acceptors (Lipinski definition) is 49. The minimum Gasteiger partial charge on any atom is -0.398 e. The molecule has 0 radical (unpaired) electrons. The van der Waals surface area contributed by atoms with Crippen LogP contribution < -0.4 is 51.1 Å². The number of nitrogen functional groups attached to an aromatic ring is 6. The van der Waals surface area contributed by atoms with Crippen LogP contribution in [0, 0.1) is 0 Å². The molecule has 0 saturated carbocycles. The summed E-state index contributed by atoms with van der Waals surface area (Å²) in [6.45, 7) is -4.95. The second-order valence-corrected chi connectivity index (χ2v) is 36.9. The molecule has 19 rings (SSSR count). The van der Waals surface area contributed by atoms with E-state index in [4.69, 9.17) is 108 Å². The van der Waals surface area contributed by atoms with Crippen molar-refractivity contribution in [3.05, 3.63) is 112 Å². The maximum absolute atomic E-state index is 15.6. The van der Waals surface area contributed by atoms with Gasteiger partial charge in [-0.05, 0) is 24.3 Å². The number of phosphoric ester groups is 3. The zero-order valence-electron chi connectivity index (χ0n) is 68.4. The average Bonchev–Trinajstić information content (AvgIpc) is 1.56. The van der Waals surface area contributed by atoms with Gasteiger partial charge >= 0.3 is 48.2 Å². The van der Waals surface area contributed by atoms with Crippen LogP contribution in [0.25, 0.3) is 66.9 Å². The van der Waals surface area contributed by atoms with Gasteiger partial charge in [0.15, 0.2) is 112 Å². The van der Waals surface area contributed by atoms with Gasteiger partial charge < -0.3 is 123 Å². The molecule has 12 unspecified atom stereocenters. The fourth-order valence-electron chi connectivity index (χ4n) is 16.2. The lowest BCUT2D eigenvalue weighted by molar-refractivity contribution is -0.184. The molecular weight excluding hydrogens is 1960 g/mol. The molecular formula is C65H78FN26O38P6+3. The van der Waals surface area contributed by atoms with Crippen molar-refractivity contribution < 1.29 is 171 Å². The van der Waals surface area contributed by atoms with E-state index in [1.165, 1.54) is 57.2 Å². The number of alkyl halides is 1. The molecule has 0 aliphatic carbocycles. The maximum atomic E-state index is 15.6. The number of nitrogens with one attached hydrogen (secondary N) is 3. The second-order valence-electron chi connectivity index (χ2n) is 30.6. The van der Waals surface area contributed by atoms with Crippen LogP contribution in [-0.4, -0.2) is 318 Å². The number of H-pyrrole nitrogens is 3. The quantitative estimate of drug-likeness (QED) is 0.0188. The summed E-state index contributed by atoms with van der Waals surface area (Å²) in [6.07, 6.45) is -22.9. The van der Waals surface area contributed by atoms with Crippen LogP contribution >= 0.6 is 48.2 Å². The summed E-state index contributed by atoms with van der Waals surface area (Å²) < 4.78 is 184. The summed E-state index contributed by atoms with van der Waals surface area (Å²) in [7, 11) is -25.3. The van der Waals surface area contributed by atoms with Gasteiger partial charge in [-0.1, -0.05) is 0 Å². The Morgan fingerprint density at radius 2 is 0.809 bits per heavy atom. The van der Waals surface area contributed by atoms with Crippen molar-refractivity contribution in [2.75, 3.05) is 80.7 Å². The number of nitrogens with two attached hydrogens (primary N) is 6. The van der Waals surface area contributed by atoms with Crippen LogP contribution in [0.5, 0.6) is 0 Å². The number of anilines is 6. The van der Waals surface area contributed by atoms with Gasteiger partial charge in [-0.15, -0.1) is 28.3 Å². The van der Waals surface area contributed by atoms with E-state index in [0.29, 0.717) is 33.6 Å². The van der Waals surface area contributed by atoms with Gasteiger partial charge in [0.25, 0.3) is 16.7 Å². The predicted octanol–water partition coefficient (Wildman–Crippen LogP) is -4.68. The topological polar surface area (TPSA) is 939 Å². The number of aromatic nitrogens is 20. The first kappa shape index (κ1) is 97.2. The number of imidazole rings is 5. The lowest BCUT2D eigenvalue weighted by Crippen LogP contribution is -2.45. The van der Waals surface area contributed by atoms with E-state index < -0.39 is 251 Å². The van der Waals surface area contributed by atoms with Crippen LogP contribution in [-0.2, 0) is 101 Å². The fraction of sp³-hybridized carbons (Fsp3) is 0.477. The Labute approximate surface area is 754 Å². The highest BCUT2D eigenvalue weighted by Crippen LogP contribution is 2.57. The van der Waals surface area contributed by atoms with E-state index in [1.54, 1.807) is 18.2 Å². The number of ether oxygens (including phenoxy) is 7. The SMILES string of the molecule is Nc1nc2c(ncn2[C@@H]2O[C@H](CO)[C@H](O)C2OP(=O)(O)OC[C@@]23COC([C@H](n4cnc5c(N)ccnc54)O2)[C@H]3O[P+](=O)O)c(=O)[nH]1.Nc1nc2c(ncn2[C@@H]2O[C@H](CO)[C@H](O)C2OP(=O)(O)OC[C@H]2O[C@@H](n3ccc4c(N)ccnc43)C(O)[C@H]2O[P+](=O)O)c(=O)[nH]1.Nc1nc2c(ncn2[C@@H]2O[C@H](CO)[C@H](O)C2OP(=O)(O)OC[C@H]2O[C@@H](n3cnc4c(N)ccnc43)C(F)[C@H]2O[P+](=O)O)c(=O)[nH]1. The van der Waals surface area contributed by atoms with Crippen molar-refractivity contribution >= 4 is 150 Å². The summed E-state index contributed by atoms with van der Waals surface area (Å²) >= 11 is 0. The molecule has 0 spiro atoms. The molecule has 64 nitrogen and oxygen atoms in total. The number of halogens is 1. The summed E-state index contributed by atoms with van der Waals surface area (Å²) in [5.41, 5.74) is 32.5. The predicted molar refractivity (Wildman–Crippen MR) is 444 cm³/mol. The third-order valence-electron chi connectivity index (χ3n) is 22.3. The van der Waals surface area contributed by atoms with E-state index in [9.17, 15) is 107 Å². The first-order valence-corrected chi connectivity index (χ1v) is 47.3. The molecule has 0 amide bonds. The van der Waals surface area contributed by atoms with Gasteiger partial charge in [0.05, 0.1) is 89.3 Å². The highest BCUT2D eigenvalue weighted by Gasteiger charge is 2.68. The summed E-state index contributed by atoms with van der Waals surface area (Å²) in [5.74, 6) is -0.822. The Balaban J connectivity index is 0.000000142. The van der Waals surface area contributed by atoms with Crippen molar-refractivity contribution in [2.24, 2.45) is 0 Å². The van der Waals surface area contributed by atoms with Crippen molar-refractivity contribution in [3.8, 4) is 0 Å². The molecule has 12 aromatic rings. The lowest BCUT2D eigenvalue weighted by atomic mass is 10.0. The average molecular weight is 2040 g/mol. The van der Waals surface area contributed by atoms with E-state index >= 15 is 4.39 Å². The summed E-state index contributed by atoms with van der Waals surface area (Å²) in [5, 5.41) is 73.0. The van der Waals surface area contributed by atoms with Crippen molar-refractivity contribution in [1.82, 2.24) is 97.2 Å². The van der Waals surface area contributed by atoms with Crippen molar-refractivity contribution in [3.63, 3.8) is 0 Å². The largest absolute Gasteiger partial charge is 0.695 e. The number of rotatable bonds is 30. The Kier molecular flexibility index (Phi) is 27.4. The van der Waals surface area contributed by atoms with Crippen molar-refractivity contribution in [1.29, 1.82) is 0 Å². The maximum Gasteiger partial charge on any atom is 0.695 e. The number of phosphoric acid groups is 3. The Hall–Kier alpha value is -10.5. The standard InChI is InChI=1S/C22H25N9O13P2.C22H26N8O13P2.C21H24FN9O12P2/c23-8-1-2-25-16-10(8)26-6-30(16)20-14-15(43-45(35)36)22(42-20,4-39-14)5-40-46(37,38)44-13-12(33)9(3-32)41-19(13)31-7-27-11-17(31)28-21(24)29-18(11)34;23-9-1-3-25-17-8(9)2-4-29(17)20-14(33)15(42-44(35)36)11(41-20)6-39-45(37,38)43-16-13(32)10(5-31)40-21(16)30-7-26-12-18(30)27-22(24)28-19(12)34;22-10-14(42-44(35)36)9(41-19(10)30-5-26-11-7(23)1-2-25-16(11)30)4-39-45(37,38)43-15-13(33)8(3-32)40-20(15)31-6-27-12-17(31)28-21(24)29-18(12)34/h1-2,6-7,9,12-15,19-20,32-33H,3-5H2,(H6-,23,24,25,28,29,34,35,36,37,38);1-4,7,10-11,13-16,20-21,31-33H,5-6H2,(H6-,23,24,25,27,28,34,35,36,37,38);1-2,5-6,8-10,13-15,19-20,32-33H,3-4H2,(H6-,23,24,25,28,29,34,35,36,37,38)/p+3/t9-,12+,13?,14?,15-,19-,20-,22-;10-,11-,13+,14?,15+,16?,20-,21-;8-,9-,10?,13+,14+,15?,19-,20-/m111/s1. The molecule has 7 fully saturated rings. The molecule has 7 saturated heterocycles. The van der Waals surface area contributed by atoms with Crippen LogP contribution in [0.15, 0.2) is 95.1 Å². The van der Waals surface area contributed by atoms with Crippen molar-refractivity contribution in [2.45, 2.75) is 147 Å². The molecule has 19 heterocycles. The number of pyridine rings is 3. The van der Waals surface area contributed by atoms with Crippen LogP contribution in [0.2, 0.25) is 0 Å². The Morgan fingerprint density at radius 3 is 1.24 bits per heavy atom. The van der Waals surface area contributed by atoms with Crippen LogP contribution in [0.1, 0.15) is 37.4 Å². The minimum absolute atomic E-state index is 0.0980. The molecule has 2 bridgehead atoms. The number of aliphatic hydroxyl groups excluding tert-OH is 7. The minimum atomic E-state index is -5.20. The Morgan fingerprint density at radius 1 is 0.441 bits per heavy atom. The van der Waals surface area contributed by atoms with Gasteiger partial charge in [0.1, 0.15) is 96.0 Å². The highest BCUT2D eigenvalue weighted by atomic mass is 31.2. The van der Waals surface area contributed by atoms with Gasteiger partial charge in [-0.25, -0.2) is 58.0 Å². The third-order valence-corrected chi connectivity index (χ3v) is 26.5. The highest BCUT2D eigenvalue weighted by molar-refractivity contribution is 7.48. The zero-order chi connectivity index (χ0) is 97.0.